The fourth-order valence-corrected chi connectivity index (χ4v) is 3.40. The molecule has 16 heteroatoms. The van der Waals surface area contributed by atoms with Gasteiger partial charge in [-0.15, -0.1) is 0 Å². The van der Waals surface area contributed by atoms with Gasteiger partial charge in [0, 0.05) is 17.5 Å². The van der Waals surface area contributed by atoms with Crippen LogP contribution in [0.25, 0.3) is 0 Å². The van der Waals surface area contributed by atoms with Gasteiger partial charge >= 0.3 is 7.82 Å². The number of halogens is 3. The van der Waals surface area contributed by atoms with E-state index in [1.54, 1.807) is 0 Å². The van der Waals surface area contributed by atoms with E-state index in [9.17, 15) is 22.9 Å². The molecule has 3 aromatic rings. The zero-order valence-electron chi connectivity index (χ0n) is 18.6. The van der Waals surface area contributed by atoms with Crippen LogP contribution in [-0.4, -0.2) is 29.1 Å². The van der Waals surface area contributed by atoms with Gasteiger partial charge in [-0.3, -0.25) is 18.7 Å². The molecular formula is C20H17ClF2N5O7P. The van der Waals surface area contributed by atoms with Gasteiger partial charge in [-0.1, -0.05) is 11.6 Å². The maximum absolute atomic E-state index is 14.0. The Kier molecular flexibility index (Phi) is 7.73. The third-order valence-corrected chi connectivity index (χ3v) is 5.25. The summed E-state index contributed by atoms with van der Waals surface area (Å²) in [6, 6.07) is 6.73. The number of rotatable bonds is 8. The lowest BCUT2D eigenvalue weighted by atomic mass is 10.2. The SMILES string of the molecule is Cc1ncn(Cc2cc(C(C)(F)F)nn(COP(=O)(O)O)c2=O)c(=O)c1Oc1cc(Cl)cc(C#N)c1. The van der Waals surface area contributed by atoms with Crippen molar-refractivity contribution in [3.05, 3.63) is 78.8 Å². The molecule has 190 valence electrons. The number of hydrogen-bond donors (Lipinski definition) is 2. The minimum atomic E-state index is -5.05. The molecule has 0 aliphatic carbocycles. The van der Waals surface area contributed by atoms with Gasteiger partial charge in [0.1, 0.15) is 11.4 Å². The normalized spacial score (nSPS) is 11.8. The van der Waals surface area contributed by atoms with E-state index in [1.165, 1.54) is 25.1 Å². The number of hydrogen-bond acceptors (Lipinski definition) is 8. The van der Waals surface area contributed by atoms with E-state index in [1.807, 2.05) is 6.07 Å². The predicted molar refractivity (Wildman–Crippen MR) is 120 cm³/mol. The molecule has 0 saturated heterocycles. The van der Waals surface area contributed by atoms with E-state index in [-0.39, 0.29) is 33.3 Å². The van der Waals surface area contributed by atoms with E-state index in [4.69, 9.17) is 31.4 Å². The van der Waals surface area contributed by atoms with E-state index < -0.39 is 43.8 Å². The van der Waals surface area contributed by atoms with Gasteiger partial charge in [0.15, 0.2) is 6.73 Å². The first-order valence-corrected chi connectivity index (χ1v) is 11.7. The molecule has 0 atom stereocenters. The summed E-state index contributed by atoms with van der Waals surface area (Å²) in [6.07, 6.45) is 1.06. The standard InChI is InChI=1S/C20H17ClF2N5O7P/c1-11-17(35-15-4-12(7-24)3-14(21)6-15)19(30)27(9-25-11)8-13-5-16(20(2,22)23)26-28(18(13)29)10-34-36(31,32)33/h3-6,9H,8,10H2,1-2H3,(H2,31,32,33). The van der Waals surface area contributed by atoms with Gasteiger partial charge in [0.2, 0.25) is 5.75 Å². The molecule has 2 aromatic heterocycles. The zero-order valence-corrected chi connectivity index (χ0v) is 20.2. The third kappa shape index (κ3) is 6.60. The number of nitrogens with zero attached hydrogens (tertiary/aromatic N) is 5. The number of aryl methyl sites for hydroxylation is 1. The molecule has 0 aliphatic rings. The van der Waals surface area contributed by atoms with Gasteiger partial charge in [0.25, 0.3) is 17.0 Å². The number of benzene rings is 1. The maximum atomic E-state index is 14.0. The van der Waals surface area contributed by atoms with E-state index in [0.29, 0.717) is 11.6 Å². The number of nitriles is 1. The predicted octanol–water partition coefficient (Wildman–Crippen LogP) is 2.65. The van der Waals surface area contributed by atoms with Crippen LogP contribution in [0, 0.1) is 18.3 Å². The summed E-state index contributed by atoms with van der Waals surface area (Å²) in [6.45, 7) is 0.280. The average Bonchev–Trinajstić information content (AvgIpc) is 2.77. The maximum Gasteiger partial charge on any atom is 0.471 e. The summed E-state index contributed by atoms with van der Waals surface area (Å²) in [5.41, 5.74) is -2.79. The van der Waals surface area contributed by atoms with Crippen molar-refractivity contribution in [2.75, 3.05) is 0 Å². The number of phosphoric acid groups is 1. The minimum absolute atomic E-state index is 0.0626. The van der Waals surface area contributed by atoms with Crippen molar-refractivity contribution in [2.45, 2.75) is 33.0 Å². The van der Waals surface area contributed by atoms with Gasteiger partial charge in [0.05, 0.1) is 30.2 Å². The summed E-state index contributed by atoms with van der Waals surface area (Å²) in [5, 5.41) is 12.7. The van der Waals surface area contributed by atoms with Crippen molar-refractivity contribution >= 4 is 19.4 Å². The highest BCUT2D eigenvalue weighted by molar-refractivity contribution is 7.46. The highest BCUT2D eigenvalue weighted by Gasteiger charge is 2.29. The molecule has 2 heterocycles. The summed E-state index contributed by atoms with van der Waals surface area (Å²) >= 11 is 5.96. The Hall–Kier alpha value is -3.47. The average molecular weight is 544 g/mol. The van der Waals surface area contributed by atoms with Crippen LogP contribution in [0.2, 0.25) is 5.02 Å². The molecule has 0 fully saturated rings. The fourth-order valence-electron chi connectivity index (χ4n) is 2.91. The number of alkyl halides is 2. The molecule has 0 radical (unpaired) electrons. The molecule has 0 bridgehead atoms. The summed E-state index contributed by atoms with van der Waals surface area (Å²) in [4.78, 5) is 47.6. The van der Waals surface area contributed by atoms with Crippen LogP contribution in [-0.2, 0) is 28.3 Å². The largest absolute Gasteiger partial charge is 0.471 e. The molecule has 2 N–H and O–H groups in total. The Morgan fingerprint density at radius 1 is 1.22 bits per heavy atom. The fraction of sp³-hybridized carbons (Fsp3) is 0.250. The molecule has 12 nitrogen and oxygen atoms in total. The van der Waals surface area contributed by atoms with Gasteiger partial charge in [-0.2, -0.15) is 19.1 Å². The second kappa shape index (κ2) is 10.3. The van der Waals surface area contributed by atoms with Crippen LogP contribution in [0.15, 0.2) is 40.2 Å². The van der Waals surface area contributed by atoms with Gasteiger partial charge in [-0.05, 0) is 31.2 Å². The van der Waals surface area contributed by atoms with Gasteiger partial charge in [-0.25, -0.2) is 14.2 Å². The molecular weight excluding hydrogens is 527 g/mol. The molecule has 36 heavy (non-hydrogen) atoms. The molecule has 0 spiro atoms. The molecule has 0 aliphatic heterocycles. The Morgan fingerprint density at radius 2 is 1.92 bits per heavy atom. The molecule has 0 saturated carbocycles. The van der Waals surface area contributed by atoms with Gasteiger partial charge < -0.3 is 14.5 Å². The Bertz CT molecular complexity index is 1520. The Morgan fingerprint density at radius 3 is 2.53 bits per heavy atom. The minimum Gasteiger partial charge on any atom is -0.450 e. The summed E-state index contributed by atoms with van der Waals surface area (Å²) in [7, 11) is -5.05. The number of ether oxygens (including phenoxy) is 1. The van der Waals surface area contributed by atoms with Crippen molar-refractivity contribution in [1.82, 2.24) is 19.3 Å². The number of aromatic nitrogens is 4. The lowest BCUT2D eigenvalue weighted by Gasteiger charge is -2.16. The Balaban J connectivity index is 2.05. The van der Waals surface area contributed by atoms with Crippen molar-refractivity contribution in [2.24, 2.45) is 0 Å². The Labute approximate surface area is 206 Å². The summed E-state index contributed by atoms with van der Waals surface area (Å²) in [5.74, 6) is -3.75. The number of phosphoric ester groups is 1. The quantitative estimate of drug-likeness (QED) is 0.403. The first-order valence-electron chi connectivity index (χ1n) is 9.82. The van der Waals surface area contributed by atoms with Crippen molar-refractivity contribution < 1.29 is 32.4 Å². The molecule has 0 unspecified atom stereocenters. The zero-order chi connectivity index (χ0) is 26.8. The van der Waals surface area contributed by atoms with Crippen molar-refractivity contribution in [3.8, 4) is 17.6 Å². The van der Waals surface area contributed by atoms with E-state index in [0.717, 1.165) is 17.0 Å². The molecule has 0 amide bonds. The monoisotopic (exact) mass is 543 g/mol. The second-order valence-corrected chi connectivity index (χ2v) is 9.15. The van der Waals surface area contributed by atoms with Crippen LogP contribution in [0.1, 0.15) is 29.4 Å². The van der Waals surface area contributed by atoms with Crippen LogP contribution in [0.5, 0.6) is 11.5 Å². The van der Waals surface area contributed by atoms with Crippen LogP contribution < -0.4 is 15.9 Å². The van der Waals surface area contributed by atoms with Crippen LogP contribution in [0.3, 0.4) is 0 Å². The first-order chi connectivity index (χ1) is 16.7. The van der Waals surface area contributed by atoms with E-state index >= 15 is 0 Å². The van der Waals surface area contributed by atoms with Crippen LogP contribution >= 0.6 is 19.4 Å². The lowest BCUT2D eigenvalue weighted by molar-refractivity contribution is 0.00932. The van der Waals surface area contributed by atoms with Crippen LogP contribution in [0.4, 0.5) is 8.78 Å². The third-order valence-electron chi connectivity index (χ3n) is 4.58. The first kappa shape index (κ1) is 27.1. The van der Waals surface area contributed by atoms with E-state index in [2.05, 4.69) is 14.6 Å². The highest BCUT2D eigenvalue weighted by Crippen LogP contribution is 2.36. The van der Waals surface area contributed by atoms with Crippen molar-refractivity contribution in [3.63, 3.8) is 0 Å². The summed E-state index contributed by atoms with van der Waals surface area (Å²) < 4.78 is 50.0. The smallest absolute Gasteiger partial charge is 0.450 e. The van der Waals surface area contributed by atoms with Crippen molar-refractivity contribution in [1.29, 1.82) is 5.26 Å². The molecule has 1 aromatic carbocycles. The lowest BCUT2D eigenvalue weighted by Crippen LogP contribution is -2.33. The molecule has 3 rings (SSSR count). The topological polar surface area (TPSA) is 170 Å². The second-order valence-electron chi connectivity index (χ2n) is 7.48. The highest BCUT2D eigenvalue weighted by atomic mass is 35.5.